The minimum absolute atomic E-state index is 0.00325. The van der Waals surface area contributed by atoms with Crippen LogP contribution < -0.4 is 10.1 Å². The van der Waals surface area contributed by atoms with Gasteiger partial charge in [0, 0.05) is 17.3 Å². The molecule has 0 bridgehead atoms. The summed E-state index contributed by atoms with van der Waals surface area (Å²) < 4.78 is 5.50. The molecule has 0 aliphatic carbocycles. The summed E-state index contributed by atoms with van der Waals surface area (Å²) in [5, 5.41) is 24.6. The highest BCUT2D eigenvalue weighted by Gasteiger charge is 2.24. The number of benzene rings is 2. The second-order valence-electron chi connectivity index (χ2n) is 5.80. The Bertz CT molecular complexity index is 862. The van der Waals surface area contributed by atoms with Crippen molar-refractivity contribution in [1.29, 1.82) is 0 Å². The van der Waals surface area contributed by atoms with Crippen LogP contribution in [0.25, 0.3) is 0 Å². The van der Waals surface area contributed by atoms with E-state index in [0.717, 1.165) is 12.1 Å². The van der Waals surface area contributed by atoms with E-state index >= 15 is 0 Å². The van der Waals surface area contributed by atoms with Crippen LogP contribution in [0.1, 0.15) is 29.8 Å². The van der Waals surface area contributed by atoms with Gasteiger partial charge < -0.3 is 10.1 Å². The molecule has 0 aliphatic heterocycles. The largest absolute Gasteiger partial charge is 0.491 e. The molecule has 2 rings (SSSR count). The van der Waals surface area contributed by atoms with Crippen molar-refractivity contribution in [3.63, 3.8) is 0 Å². The summed E-state index contributed by atoms with van der Waals surface area (Å²) in [7, 11) is 0. The van der Waals surface area contributed by atoms with Gasteiger partial charge in [0.1, 0.15) is 5.75 Å². The Balaban J connectivity index is 2.31. The molecule has 0 unspecified atom stereocenters. The van der Waals surface area contributed by atoms with Crippen LogP contribution in [0.3, 0.4) is 0 Å². The molecule has 9 heteroatoms. The van der Waals surface area contributed by atoms with Crippen LogP contribution in [-0.2, 0) is 0 Å². The van der Waals surface area contributed by atoms with Crippen molar-refractivity contribution in [2.24, 2.45) is 0 Å². The molecule has 0 saturated carbocycles. The van der Waals surface area contributed by atoms with Gasteiger partial charge in [-0.05, 0) is 45.0 Å². The Morgan fingerprint density at radius 1 is 1.08 bits per heavy atom. The van der Waals surface area contributed by atoms with E-state index in [9.17, 15) is 25.0 Å². The number of nitrogens with zero attached hydrogens (tertiary/aromatic N) is 2. The number of nitro benzene ring substituents is 2. The van der Waals surface area contributed by atoms with Crippen molar-refractivity contribution < 1.29 is 19.4 Å². The van der Waals surface area contributed by atoms with Gasteiger partial charge in [-0.2, -0.15) is 0 Å². The van der Waals surface area contributed by atoms with Crippen LogP contribution in [0, 0.1) is 27.2 Å². The molecule has 136 valence electrons. The minimum atomic E-state index is -0.777. The van der Waals surface area contributed by atoms with Gasteiger partial charge in [-0.15, -0.1) is 0 Å². The van der Waals surface area contributed by atoms with Crippen molar-refractivity contribution in [3.05, 3.63) is 67.8 Å². The Morgan fingerprint density at radius 2 is 1.69 bits per heavy atom. The molecular weight excluding hydrogens is 342 g/mol. The number of anilines is 1. The first-order valence-corrected chi connectivity index (χ1v) is 7.70. The molecule has 2 aromatic rings. The summed E-state index contributed by atoms with van der Waals surface area (Å²) in [4.78, 5) is 33.0. The fourth-order valence-electron chi connectivity index (χ4n) is 2.30. The molecule has 0 aromatic heterocycles. The Kier molecular flexibility index (Phi) is 5.51. The predicted molar refractivity (Wildman–Crippen MR) is 94.6 cm³/mol. The number of non-ortho nitro benzene ring substituents is 1. The summed E-state index contributed by atoms with van der Waals surface area (Å²) in [6.45, 7) is 5.14. The zero-order valence-electron chi connectivity index (χ0n) is 14.4. The lowest BCUT2D eigenvalue weighted by atomic mass is 10.0. The SMILES string of the molecule is Cc1c(C(=O)Nc2ccc(OC(C)C)cc2)cc([N+](=O)[O-])cc1[N+](=O)[O-]. The van der Waals surface area contributed by atoms with Gasteiger partial charge in [0.05, 0.1) is 27.6 Å². The summed E-state index contributed by atoms with van der Waals surface area (Å²) in [6.07, 6.45) is 0.00325. The van der Waals surface area contributed by atoms with E-state index in [1.54, 1.807) is 24.3 Å². The number of hydrogen-bond donors (Lipinski definition) is 1. The van der Waals surface area contributed by atoms with E-state index in [1.807, 2.05) is 13.8 Å². The standard InChI is InChI=1S/C17H17N3O6/c1-10(2)26-14-6-4-12(5-7-14)18-17(21)15-8-13(19(22)23)9-16(11(15)3)20(24)25/h4-10H,1-3H3,(H,18,21). The average molecular weight is 359 g/mol. The van der Waals surface area contributed by atoms with Crippen LogP contribution in [0.15, 0.2) is 36.4 Å². The number of amides is 1. The maximum atomic E-state index is 12.5. The van der Waals surface area contributed by atoms with Gasteiger partial charge in [0.15, 0.2) is 0 Å². The third kappa shape index (κ3) is 4.32. The molecule has 9 nitrogen and oxygen atoms in total. The van der Waals surface area contributed by atoms with Crippen molar-refractivity contribution >= 4 is 23.0 Å². The Hall–Kier alpha value is -3.49. The number of carbonyl (C=O) groups excluding carboxylic acids is 1. The second kappa shape index (κ2) is 7.60. The predicted octanol–water partition coefficient (Wildman–Crippen LogP) is 3.85. The summed E-state index contributed by atoms with van der Waals surface area (Å²) in [6, 6.07) is 8.40. The normalized spacial score (nSPS) is 10.5. The highest BCUT2D eigenvalue weighted by atomic mass is 16.6. The number of rotatable bonds is 6. The zero-order chi connectivity index (χ0) is 19.4. The average Bonchev–Trinajstić information content (AvgIpc) is 2.55. The monoisotopic (exact) mass is 359 g/mol. The third-order valence-electron chi connectivity index (χ3n) is 3.50. The van der Waals surface area contributed by atoms with E-state index in [1.165, 1.54) is 6.92 Å². The second-order valence-corrected chi connectivity index (χ2v) is 5.80. The lowest BCUT2D eigenvalue weighted by Crippen LogP contribution is -2.15. The summed E-state index contributed by atoms with van der Waals surface area (Å²) in [5.41, 5.74) is -0.649. The van der Waals surface area contributed by atoms with Crippen molar-refractivity contribution in [2.75, 3.05) is 5.32 Å². The topological polar surface area (TPSA) is 125 Å². The van der Waals surface area contributed by atoms with E-state index < -0.39 is 27.1 Å². The molecular formula is C17H17N3O6. The van der Waals surface area contributed by atoms with Gasteiger partial charge in [-0.25, -0.2) is 0 Å². The summed E-state index contributed by atoms with van der Waals surface area (Å²) >= 11 is 0. The molecule has 0 saturated heterocycles. The molecule has 1 amide bonds. The minimum Gasteiger partial charge on any atom is -0.491 e. The highest BCUT2D eigenvalue weighted by Crippen LogP contribution is 2.28. The van der Waals surface area contributed by atoms with E-state index in [-0.39, 0.29) is 17.2 Å². The first kappa shape index (κ1) is 18.8. The van der Waals surface area contributed by atoms with Gasteiger partial charge in [-0.3, -0.25) is 25.0 Å². The van der Waals surface area contributed by atoms with E-state index in [0.29, 0.717) is 11.4 Å². The molecule has 0 aliphatic rings. The lowest BCUT2D eigenvalue weighted by Gasteiger charge is -2.11. The van der Waals surface area contributed by atoms with E-state index in [4.69, 9.17) is 4.74 Å². The maximum Gasteiger partial charge on any atom is 0.279 e. The van der Waals surface area contributed by atoms with E-state index in [2.05, 4.69) is 5.32 Å². The molecule has 0 spiro atoms. The summed E-state index contributed by atoms with van der Waals surface area (Å²) in [5.74, 6) is -0.0491. The van der Waals surface area contributed by atoms with Crippen LogP contribution in [-0.4, -0.2) is 21.9 Å². The van der Waals surface area contributed by atoms with Crippen LogP contribution in [0.4, 0.5) is 17.1 Å². The van der Waals surface area contributed by atoms with Gasteiger partial charge in [-0.1, -0.05) is 0 Å². The molecule has 2 aromatic carbocycles. The number of ether oxygens (including phenoxy) is 1. The molecule has 0 radical (unpaired) electrons. The molecule has 0 heterocycles. The van der Waals surface area contributed by atoms with Crippen molar-refractivity contribution in [2.45, 2.75) is 26.9 Å². The number of nitro groups is 2. The van der Waals surface area contributed by atoms with Gasteiger partial charge in [0.2, 0.25) is 0 Å². The van der Waals surface area contributed by atoms with Crippen molar-refractivity contribution in [1.82, 2.24) is 0 Å². The number of nitrogens with one attached hydrogen (secondary N) is 1. The van der Waals surface area contributed by atoms with Gasteiger partial charge in [0.25, 0.3) is 17.3 Å². The fraction of sp³-hybridized carbons (Fsp3) is 0.235. The van der Waals surface area contributed by atoms with Gasteiger partial charge >= 0.3 is 0 Å². The number of hydrogen-bond acceptors (Lipinski definition) is 6. The molecule has 26 heavy (non-hydrogen) atoms. The first-order chi connectivity index (χ1) is 12.2. The maximum absolute atomic E-state index is 12.5. The lowest BCUT2D eigenvalue weighted by molar-refractivity contribution is -0.394. The molecule has 0 atom stereocenters. The van der Waals surface area contributed by atoms with Crippen LogP contribution in [0.5, 0.6) is 5.75 Å². The van der Waals surface area contributed by atoms with Crippen LogP contribution >= 0.6 is 0 Å². The van der Waals surface area contributed by atoms with Crippen LogP contribution in [0.2, 0.25) is 0 Å². The van der Waals surface area contributed by atoms with Crippen molar-refractivity contribution in [3.8, 4) is 5.75 Å². The molecule has 1 N–H and O–H groups in total. The third-order valence-corrected chi connectivity index (χ3v) is 3.50. The Morgan fingerprint density at radius 3 is 2.19 bits per heavy atom. The smallest absolute Gasteiger partial charge is 0.279 e. The zero-order valence-corrected chi connectivity index (χ0v) is 14.4. The quantitative estimate of drug-likeness (QED) is 0.617. The first-order valence-electron chi connectivity index (χ1n) is 7.70. The Labute approximate surface area is 148 Å². The molecule has 0 fully saturated rings. The number of carbonyl (C=O) groups is 1. The fourth-order valence-corrected chi connectivity index (χ4v) is 2.30. The highest BCUT2D eigenvalue weighted by molar-refractivity contribution is 6.06.